The lowest BCUT2D eigenvalue weighted by Crippen LogP contribution is -2.26. The first kappa shape index (κ1) is 36.1. The molecular formula is C39H47NO6. The van der Waals surface area contributed by atoms with Gasteiger partial charge in [-0.25, -0.2) is 9.59 Å². The van der Waals surface area contributed by atoms with Crippen LogP contribution in [0.25, 0.3) is 17.2 Å². The molecule has 0 heterocycles. The largest absolute Gasteiger partial charge is 0.494 e. The van der Waals surface area contributed by atoms with Gasteiger partial charge in [0.2, 0.25) is 0 Å². The molecule has 0 saturated carbocycles. The molecule has 0 N–H and O–H groups in total. The molecule has 244 valence electrons. The second-order valence-electron chi connectivity index (χ2n) is 11.3. The van der Waals surface area contributed by atoms with E-state index in [9.17, 15) is 14.9 Å². The molecule has 46 heavy (non-hydrogen) atoms. The minimum absolute atomic E-state index is 0.106. The Balaban J connectivity index is 1.47. The van der Waals surface area contributed by atoms with Crippen LogP contribution in [0, 0.1) is 11.3 Å². The third-order valence-electron chi connectivity index (χ3n) is 7.47. The van der Waals surface area contributed by atoms with Gasteiger partial charge in [0, 0.05) is 6.61 Å². The smallest absolute Gasteiger partial charge is 0.354 e. The highest BCUT2D eigenvalue weighted by atomic mass is 16.6. The topological polar surface area (TPSA) is 94.9 Å². The van der Waals surface area contributed by atoms with Gasteiger partial charge in [-0.05, 0) is 78.9 Å². The van der Waals surface area contributed by atoms with Crippen molar-refractivity contribution in [2.75, 3.05) is 13.2 Å². The predicted octanol–water partition coefficient (Wildman–Crippen LogP) is 9.50. The summed E-state index contributed by atoms with van der Waals surface area (Å²) in [6.07, 6.45) is 12.4. The van der Waals surface area contributed by atoms with Crippen molar-refractivity contribution in [2.24, 2.45) is 0 Å². The molecule has 7 nitrogen and oxygen atoms in total. The van der Waals surface area contributed by atoms with Crippen molar-refractivity contribution in [1.82, 2.24) is 0 Å². The van der Waals surface area contributed by atoms with E-state index in [1.807, 2.05) is 54.6 Å². The quantitative estimate of drug-likeness (QED) is 0.0406. The molecule has 1 atom stereocenters. The van der Waals surface area contributed by atoms with Gasteiger partial charge in [-0.1, -0.05) is 102 Å². The molecule has 1 unspecified atom stereocenters. The molecule has 0 aromatic heterocycles. The molecule has 0 amide bonds. The third-order valence-corrected chi connectivity index (χ3v) is 7.47. The van der Waals surface area contributed by atoms with E-state index in [0.717, 1.165) is 42.6 Å². The van der Waals surface area contributed by atoms with E-state index >= 15 is 0 Å². The van der Waals surface area contributed by atoms with Crippen LogP contribution >= 0.6 is 0 Å². The molecule has 0 radical (unpaired) electrons. The Labute approximate surface area is 274 Å². The molecule has 0 aliphatic carbocycles. The van der Waals surface area contributed by atoms with Crippen LogP contribution < -0.4 is 14.2 Å². The van der Waals surface area contributed by atoms with Crippen molar-refractivity contribution in [1.29, 1.82) is 5.26 Å². The van der Waals surface area contributed by atoms with Crippen molar-refractivity contribution in [3.05, 3.63) is 83.9 Å². The number of hydrogen-bond donors (Lipinski definition) is 0. The van der Waals surface area contributed by atoms with E-state index < -0.39 is 18.0 Å². The minimum Gasteiger partial charge on any atom is -0.494 e. The Morgan fingerprint density at radius 3 is 1.72 bits per heavy atom. The normalized spacial score (nSPS) is 11.8. The highest BCUT2D eigenvalue weighted by molar-refractivity contribution is 5.99. The first-order valence-electron chi connectivity index (χ1n) is 16.5. The van der Waals surface area contributed by atoms with E-state index in [0.29, 0.717) is 30.3 Å². The van der Waals surface area contributed by atoms with Gasteiger partial charge >= 0.3 is 11.9 Å². The third kappa shape index (κ3) is 12.9. The summed E-state index contributed by atoms with van der Waals surface area (Å²) in [6, 6.07) is 23.4. The number of hydrogen-bond acceptors (Lipinski definition) is 7. The average Bonchev–Trinajstić information content (AvgIpc) is 3.08. The number of benzene rings is 3. The van der Waals surface area contributed by atoms with Crippen LogP contribution in [0.15, 0.2) is 78.4 Å². The Hall–Kier alpha value is -4.41. The van der Waals surface area contributed by atoms with Crippen molar-refractivity contribution < 1.29 is 28.5 Å². The molecule has 0 fully saturated rings. The van der Waals surface area contributed by atoms with E-state index in [2.05, 4.69) is 13.8 Å². The van der Waals surface area contributed by atoms with Crippen molar-refractivity contribution in [2.45, 2.75) is 91.1 Å². The summed E-state index contributed by atoms with van der Waals surface area (Å²) in [5.74, 6) is 0.361. The molecule has 0 bridgehead atoms. The van der Waals surface area contributed by atoms with E-state index in [1.165, 1.54) is 44.6 Å². The first-order chi connectivity index (χ1) is 22.4. The summed E-state index contributed by atoms with van der Waals surface area (Å²) in [7, 11) is 0. The molecule has 3 rings (SSSR count). The van der Waals surface area contributed by atoms with Crippen LogP contribution in [-0.2, 0) is 14.3 Å². The molecule has 0 spiro atoms. The number of carbonyl (C=O) groups excluding carboxylic acids is 2. The van der Waals surface area contributed by atoms with E-state index in [1.54, 1.807) is 31.2 Å². The van der Waals surface area contributed by atoms with E-state index in [-0.39, 0.29) is 5.57 Å². The highest BCUT2D eigenvalue weighted by Crippen LogP contribution is 2.26. The lowest BCUT2D eigenvalue weighted by Gasteiger charge is -2.13. The van der Waals surface area contributed by atoms with Crippen LogP contribution in [0.4, 0.5) is 0 Å². The fraction of sp³-hybridized carbons (Fsp3) is 0.410. The lowest BCUT2D eigenvalue weighted by atomic mass is 10.1. The van der Waals surface area contributed by atoms with Gasteiger partial charge < -0.3 is 18.9 Å². The Bertz CT molecular complexity index is 1400. The standard InChI is InChI=1S/C39H47NO6/c1-4-6-8-10-12-26-43-30(3)38(41)45-36-22-16-32(17-23-36)33-18-24-37(25-19-33)46-39(42)34(29-40)28-31-14-20-35(21-15-31)44-27-13-11-9-7-5-2/h14-25,28,30H,4-13,26-27H2,1-3H3/b34-28+. The van der Waals surface area contributed by atoms with Gasteiger partial charge in [0.25, 0.3) is 0 Å². The lowest BCUT2D eigenvalue weighted by molar-refractivity contribution is -0.146. The van der Waals surface area contributed by atoms with Crippen molar-refractivity contribution in [3.8, 4) is 34.4 Å². The van der Waals surface area contributed by atoms with Gasteiger partial charge in [-0.15, -0.1) is 0 Å². The molecule has 3 aromatic carbocycles. The summed E-state index contributed by atoms with van der Waals surface area (Å²) in [4.78, 5) is 25.1. The fourth-order valence-electron chi connectivity index (χ4n) is 4.69. The zero-order chi connectivity index (χ0) is 33.0. The fourth-order valence-corrected chi connectivity index (χ4v) is 4.69. The van der Waals surface area contributed by atoms with Crippen molar-refractivity contribution in [3.63, 3.8) is 0 Å². The summed E-state index contributed by atoms with van der Waals surface area (Å²) >= 11 is 0. The Kier molecular flexibility index (Phi) is 16.1. The number of nitrogens with zero attached hydrogens (tertiary/aromatic N) is 1. The highest BCUT2D eigenvalue weighted by Gasteiger charge is 2.16. The number of esters is 2. The van der Waals surface area contributed by atoms with Crippen LogP contribution in [0.3, 0.4) is 0 Å². The molecule has 0 saturated heterocycles. The van der Waals surface area contributed by atoms with Gasteiger partial charge in [0.1, 0.15) is 28.9 Å². The van der Waals surface area contributed by atoms with Crippen LogP contribution in [0.1, 0.15) is 90.5 Å². The van der Waals surface area contributed by atoms with Gasteiger partial charge in [-0.2, -0.15) is 5.26 Å². The summed E-state index contributed by atoms with van der Waals surface area (Å²) in [5.41, 5.74) is 2.38. The molecule has 7 heteroatoms. The van der Waals surface area contributed by atoms with E-state index in [4.69, 9.17) is 18.9 Å². The summed E-state index contributed by atoms with van der Waals surface area (Å²) < 4.78 is 22.4. The number of ether oxygens (including phenoxy) is 4. The zero-order valence-corrected chi connectivity index (χ0v) is 27.5. The Morgan fingerprint density at radius 1 is 0.674 bits per heavy atom. The zero-order valence-electron chi connectivity index (χ0n) is 27.5. The van der Waals surface area contributed by atoms with Gasteiger partial charge in [0.15, 0.2) is 6.10 Å². The second-order valence-corrected chi connectivity index (χ2v) is 11.3. The maximum Gasteiger partial charge on any atom is 0.354 e. The second kappa shape index (κ2) is 20.6. The summed E-state index contributed by atoms with van der Waals surface area (Å²) in [6.45, 7) is 7.29. The molecule has 0 aliphatic rings. The Morgan fingerprint density at radius 2 is 1.17 bits per heavy atom. The minimum atomic E-state index is -0.733. The molecule has 0 aliphatic heterocycles. The summed E-state index contributed by atoms with van der Waals surface area (Å²) in [5, 5.41) is 9.59. The van der Waals surface area contributed by atoms with Gasteiger partial charge in [0.05, 0.1) is 6.61 Å². The number of nitriles is 1. The molecule has 3 aromatic rings. The van der Waals surface area contributed by atoms with Crippen LogP contribution in [-0.4, -0.2) is 31.3 Å². The average molecular weight is 626 g/mol. The monoisotopic (exact) mass is 625 g/mol. The van der Waals surface area contributed by atoms with Crippen LogP contribution in [0.5, 0.6) is 17.2 Å². The SMILES string of the molecule is CCCCCCCOc1ccc(/C=C(\C#N)C(=O)Oc2ccc(-c3ccc(OC(=O)C(C)OCCCCCCC)cc3)cc2)cc1. The maximum atomic E-state index is 12.7. The van der Waals surface area contributed by atoms with Crippen LogP contribution in [0.2, 0.25) is 0 Å². The van der Waals surface area contributed by atoms with Crippen molar-refractivity contribution >= 4 is 18.0 Å². The predicted molar refractivity (Wildman–Crippen MR) is 182 cm³/mol. The number of carbonyl (C=O) groups is 2. The molecular weight excluding hydrogens is 578 g/mol. The number of rotatable bonds is 20. The maximum absolute atomic E-state index is 12.7. The van der Waals surface area contributed by atoms with Gasteiger partial charge in [-0.3, -0.25) is 0 Å². The number of unbranched alkanes of at least 4 members (excludes halogenated alkanes) is 8. The first-order valence-corrected chi connectivity index (χ1v) is 16.5.